The van der Waals surface area contributed by atoms with Gasteiger partial charge in [0.1, 0.15) is 5.75 Å². The fourth-order valence-electron chi connectivity index (χ4n) is 2.38. The molecule has 1 aromatic carbocycles. The number of carbonyl (C=O) groups is 2. The Kier molecular flexibility index (Phi) is 10.3. The van der Waals surface area contributed by atoms with Crippen LogP contribution in [0.1, 0.15) is 32.3 Å². The monoisotopic (exact) mass is 351 g/mol. The molecule has 0 spiro atoms. The van der Waals surface area contributed by atoms with Crippen LogP contribution < -0.4 is 4.74 Å². The highest BCUT2D eigenvalue weighted by atomic mass is 16.5. The number of hydrogen-bond donors (Lipinski definition) is 0. The number of rotatable bonds is 12. The first-order chi connectivity index (χ1) is 12.1. The standard InChI is InChI=1S/C19H29NO5/c1-4-24-17-9-7-16(8-10-17)15-18(21)20(12-6-14-23-3)13-11-19(22)25-5-2/h7-10H,4-6,11-15H2,1-3H3. The summed E-state index contributed by atoms with van der Waals surface area (Å²) >= 11 is 0. The average Bonchev–Trinajstić information content (AvgIpc) is 2.60. The normalized spacial score (nSPS) is 10.4. The molecule has 0 saturated heterocycles. The third-order valence-electron chi connectivity index (χ3n) is 3.61. The Morgan fingerprint density at radius 3 is 2.36 bits per heavy atom. The summed E-state index contributed by atoms with van der Waals surface area (Å²) in [6, 6.07) is 7.50. The number of hydrogen-bond acceptors (Lipinski definition) is 5. The summed E-state index contributed by atoms with van der Waals surface area (Å²) in [5, 5.41) is 0. The van der Waals surface area contributed by atoms with Gasteiger partial charge in [0, 0.05) is 26.8 Å². The lowest BCUT2D eigenvalue weighted by atomic mass is 10.1. The Balaban J connectivity index is 2.61. The van der Waals surface area contributed by atoms with Crippen LogP contribution in [0.4, 0.5) is 0 Å². The molecule has 0 saturated carbocycles. The van der Waals surface area contributed by atoms with Gasteiger partial charge in [0.05, 0.1) is 26.1 Å². The average molecular weight is 351 g/mol. The highest BCUT2D eigenvalue weighted by Crippen LogP contribution is 2.13. The van der Waals surface area contributed by atoms with Crippen LogP contribution in [0.3, 0.4) is 0 Å². The molecule has 6 nitrogen and oxygen atoms in total. The van der Waals surface area contributed by atoms with Crippen molar-refractivity contribution in [2.24, 2.45) is 0 Å². The zero-order valence-electron chi connectivity index (χ0n) is 15.5. The molecule has 0 unspecified atom stereocenters. The van der Waals surface area contributed by atoms with Crippen LogP contribution in [0.5, 0.6) is 5.75 Å². The minimum Gasteiger partial charge on any atom is -0.494 e. The van der Waals surface area contributed by atoms with E-state index in [1.54, 1.807) is 18.9 Å². The van der Waals surface area contributed by atoms with E-state index in [2.05, 4.69) is 0 Å². The lowest BCUT2D eigenvalue weighted by Gasteiger charge is -2.22. The molecule has 0 fully saturated rings. The van der Waals surface area contributed by atoms with E-state index in [0.717, 1.165) is 17.7 Å². The van der Waals surface area contributed by atoms with Crippen molar-refractivity contribution in [2.75, 3.05) is 40.0 Å². The van der Waals surface area contributed by atoms with Gasteiger partial charge in [-0.05, 0) is 38.0 Å². The van der Waals surface area contributed by atoms with E-state index >= 15 is 0 Å². The largest absolute Gasteiger partial charge is 0.494 e. The zero-order chi connectivity index (χ0) is 18.5. The zero-order valence-corrected chi connectivity index (χ0v) is 15.5. The van der Waals surface area contributed by atoms with Crippen molar-refractivity contribution >= 4 is 11.9 Å². The molecule has 140 valence electrons. The maximum atomic E-state index is 12.6. The van der Waals surface area contributed by atoms with E-state index < -0.39 is 0 Å². The van der Waals surface area contributed by atoms with Crippen molar-refractivity contribution in [2.45, 2.75) is 33.1 Å². The predicted octanol–water partition coefficient (Wildman–Crippen LogP) is 2.45. The van der Waals surface area contributed by atoms with Crippen LogP contribution >= 0.6 is 0 Å². The van der Waals surface area contributed by atoms with Gasteiger partial charge in [-0.2, -0.15) is 0 Å². The van der Waals surface area contributed by atoms with Crippen molar-refractivity contribution in [3.8, 4) is 5.75 Å². The topological polar surface area (TPSA) is 65.1 Å². The molecule has 0 aliphatic carbocycles. The summed E-state index contributed by atoms with van der Waals surface area (Å²) in [7, 11) is 1.63. The van der Waals surface area contributed by atoms with E-state index in [1.807, 2.05) is 31.2 Å². The molecule has 25 heavy (non-hydrogen) atoms. The van der Waals surface area contributed by atoms with Crippen molar-refractivity contribution in [1.82, 2.24) is 4.90 Å². The molecule has 1 rings (SSSR count). The second-order valence-electron chi connectivity index (χ2n) is 5.54. The smallest absolute Gasteiger partial charge is 0.307 e. The first-order valence-electron chi connectivity index (χ1n) is 8.74. The molecule has 0 aliphatic heterocycles. The number of nitrogens with zero attached hydrogens (tertiary/aromatic N) is 1. The van der Waals surface area contributed by atoms with E-state index in [1.165, 1.54) is 0 Å². The van der Waals surface area contributed by atoms with Crippen LogP contribution in [0.25, 0.3) is 0 Å². The molecule has 0 aromatic heterocycles. The quantitative estimate of drug-likeness (QED) is 0.427. The van der Waals surface area contributed by atoms with Crippen molar-refractivity contribution in [3.05, 3.63) is 29.8 Å². The van der Waals surface area contributed by atoms with Gasteiger partial charge in [0.15, 0.2) is 0 Å². The SMILES string of the molecule is CCOC(=O)CCN(CCCOC)C(=O)Cc1ccc(OCC)cc1. The van der Waals surface area contributed by atoms with Crippen molar-refractivity contribution < 1.29 is 23.8 Å². The fraction of sp³-hybridized carbons (Fsp3) is 0.579. The third-order valence-corrected chi connectivity index (χ3v) is 3.61. The molecule has 0 heterocycles. The molecular formula is C19H29NO5. The Morgan fingerprint density at radius 1 is 1.04 bits per heavy atom. The number of amides is 1. The summed E-state index contributed by atoms with van der Waals surface area (Å²) in [5.74, 6) is 0.496. The fourth-order valence-corrected chi connectivity index (χ4v) is 2.38. The van der Waals surface area contributed by atoms with Crippen LogP contribution in [-0.2, 0) is 25.5 Å². The lowest BCUT2D eigenvalue weighted by Crippen LogP contribution is -2.35. The molecule has 0 aliphatic rings. The van der Waals surface area contributed by atoms with Gasteiger partial charge >= 0.3 is 5.97 Å². The first kappa shape index (κ1) is 21.0. The first-order valence-corrected chi connectivity index (χ1v) is 8.74. The van der Waals surface area contributed by atoms with Gasteiger partial charge in [-0.15, -0.1) is 0 Å². The van der Waals surface area contributed by atoms with Gasteiger partial charge in [-0.25, -0.2) is 0 Å². The van der Waals surface area contributed by atoms with E-state index in [4.69, 9.17) is 14.2 Å². The van der Waals surface area contributed by atoms with Crippen LogP contribution in [0.2, 0.25) is 0 Å². The maximum Gasteiger partial charge on any atom is 0.307 e. The molecule has 6 heteroatoms. The van der Waals surface area contributed by atoms with Crippen molar-refractivity contribution in [3.63, 3.8) is 0 Å². The molecule has 1 aromatic rings. The Morgan fingerprint density at radius 2 is 1.76 bits per heavy atom. The van der Waals surface area contributed by atoms with Gasteiger partial charge in [0.2, 0.25) is 5.91 Å². The number of benzene rings is 1. The highest BCUT2D eigenvalue weighted by Gasteiger charge is 2.16. The number of carbonyl (C=O) groups excluding carboxylic acids is 2. The Hall–Kier alpha value is -2.08. The molecule has 0 N–H and O–H groups in total. The van der Waals surface area contributed by atoms with Gasteiger partial charge in [-0.1, -0.05) is 12.1 Å². The molecule has 0 radical (unpaired) electrons. The summed E-state index contributed by atoms with van der Waals surface area (Å²) in [6.45, 7) is 6.15. The second kappa shape index (κ2) is 12.3. The van der Waals surface area contributed by atoms with E-state index in [9.17, 15) is 9.59 Å². The maximum absolute atomic E-state index is 12.6. The summed E-state index contributed by atoms with van der Waals surface area (Å²) < 4.78 is 15.4. The molecule has 0 atom stereocenters. The van der Waals surface area contributed by atoms with Crippen LogP contribution in [0, 0.1) is 0 Å². The molecule has 1 amide bonds. The summed E-state index contributed by atoms with van der Waals surface area (Å²) in [5.41, 5.74) is 0.918. The van der Waals surface area contributed by atoms with Gasteiger partial charge in [0.25, 0.3) is 0 Å². The minimum atomic E-state index is -0.284. The summed E-state index contributed by atoms with van der Waals surface area (Å²) in [6.07, 6.45) is 1.23. The predicted molar refractivity (Wildman–Crippen MR) is 95.6 cm³/mol. The molecule has 0 bridgehead atoms. The third kappa shape index (κ3) is 8.54. The van der Waals surface area contributed by atoms with Crippen LogP contribution in [-0.4, -0.2) is 56.8 Å². The minimum absolute atomic E-state index is 0.00967. The van der Waals surface area contributed by atoms with Crippen LogP contribution in [0.15, 0.2) is 24.3 Å². The summed E-state index contributed by atoms with van der Waals surface area (Å²) in [4.78, 5) is 25.8. The highest BCUT2D eigenvalue weighted by molar-refractivity contribution is 5.79. The number of methoxy groups -OCH3 is 1. The van der Waals surface area contributed by atoms with Gasteiger partial charge in [-0.3, -0.25) is 9.59 Å². The van der Waals surface area contributed by atoms with Crippen molar-refractivity contribution in [1.29, 1.82) is 0 Å². The van der Waals surface area contributed by atoms with E-state index in [-0.39, 0.29) is 18.3 Å². The Bertz CT molecular complexity index is 515. The molecular weight excluding hydrogens is 322 g/mol. The number of ether oxygens (including phenoxy) is 3. The number of esters is 1. The lowest BCUT2D eigenvalue weighted by molar-refractivity contribution is -0.144. The van der Waals surface area contributed by atoms with Gasteiger partial charge < -0.3 is 19.1 Å². The Labute approximate surface area is 150 Å². The second-order valence-corrected chi connectivity index (χ2v) is 5.54. The van der Waals surface area contributed by atoms with E-state index in [0.29, 0.717) is 39.3 Å².